The number of primary sulfonamides is 1. The first-order chi connectivity index (χ1) is 12.2. The molecule has 3 rings (SSSR count). The van der Waals surface area contributed by atoms with Crippen molar-refractivity contribution in [2.24, 2.45) is 18.1 Å². The molecule has 2 aromatic rings. The summed E-state index contributed by atoms with van der Waals surface area (Å²) in [6.45, 7) is 2.25. The van der Waals surface area contributed by atoms with E-state index >= 15 is 0 Å². The molecule has 0 aliphatic heterocycles. The molecule has 0 atom stereocenters. The van der Waals surface area contributed by atoms with E-state index in [1.807, 2.05) is 11.6 Å². The Kier molecular flexibility index (Phi) is 5.59. The monoisotopic (exact) mass is 396 g/mol. The molecule has 0 unspecified atom stereocenters. The number of carbonyl (C=O) groups excluding carboxylic acids is 1. The maximum Gasteiger partial charge on any atom is 0.238 e. The lowest BCUT2D eigenvalue weighted by Gasteiger charge is -2.26. The molecule has 0 saturated heterocycles. The molecular weight excluding hydrogens is 372 g/mol. The van der Waals surface area contributed by atoms with Gasteiger partial charge in [-0.1, -0.05) is 18.7 Å². The number of rotatable bonds is 5. The summed E-state index contributed by atoms with van der Waals surface area (Å²) in [5.41, 5.74) is 1.34. The molecule has 0 spiro atoms. The highest BCUT2D eigenvalue weighted by molar-refractivity contribution is 7.99. The van der Waals surface area contributed by atoms with Crippen LogP contribution in [0, 0.1) is 5.92 Å². The second-order valence-electron chi connectivity index (χ2n) is 6.96. The van der Waals surface area contributed by atoms with Gasteiger partial charge in [0, 0.05) is 13.1 Å². The molecule has 1 heterocycles. The second-order valence-corrected chi connectivity index (χ2v) is 9.47. The van der Waals surface area contributed by atoms with E-state index in [1.165, 1.54) is 23.9 Å². The van der Waals surface area contributed by atoms with E-state index in [2.05, 4.69) is 17.2 Å². The first kappa shape index (κ1) is 19.2. The van der Waals surface area contributed by atoms with Crippen LogP contribution in [0.5, 0.6) is 0 Å². The Balaban J connectivity index is 1.65. The summed E-state index contributed by atoms with van der Waals surface area (Å²) in [6.07, 6.45) is 4.41. The van der Waals surface area contributed by atoms with Crippen LogP contribution in [0.3, 0.4) is 0 Å². The number of fused-ring (bicyclic) bond motifs is 1. The normalized spacial score (nSPS) is 21.0. The van der Waals surface area contributed by atoms with Crippen LogP contribution in [-0.4, -0.2) is 35.7 Å². The molecule has 3 N–H and O–H groups in total. The summed E-state index contributed by atoms with van der Waals surface area (Å²) in [7, 11) is -1.92. The minimum atomic E-state index is -3.76. The number of hydrogen-bond acceptors (Lipinski definition) is 5. The van der Waals surface area contributed by atoms with Gasteiger partial charge in [-0.25, -0.2) is 18.5 Å². The van der Waals surface area contributed by atoms with Crippen molar-refractivity contribution >= 4 is 38.7 Å². The van der Waals surface area contributed by atoms with Crippen LogP contribution in [0.2, 0.25) is 0 Å². The van der Waals surface area contributed by atoms with Gasteiger partial charge >= 0.3 is 0 Å². The van der Waals surface area contributed by atoms with Gasteiger partial charge in [0.1, 0.15) is 0 Å². The molecule has 0 bridgehead atoms. The predicted molar refractivity (Wildman–Crippen MR) is 102 cm³/mol. The maximum absolute atomic E-state index is 12.2. The number of hydrogen-bond donors (Lipinski definition) is 2. The largest absolute Gasteiger partial charge is 0.353 e. The number of nitrogens with one attached hydrogen (secondary N) is 1. The lowest BCUT2D eigenvalue weighted by Crippen LogP contribution is -2.38. The smallest absolute Gasteiger partial charge is 0.238 e. The number of nitrogens with two attached hydrogens (primary N) is 1. The minimum Gasteiger partial charge on any atom is -0.353 e. The molecule has 1 aromatic carbocycles. The van der Waals surface area contributed by atoms with Crippen LogP contribution in [0.25, 0.3) is 11.0 Å². The Labute approximate surface area is 157 Å². The van der Waals surface area contributed by atoms with Gasteiger partial charge in [0.15, 0.2) is 5.16 Å². The molecule has 1 aromatic heterocycles. The number of carbonyl (C=O) groups is 1. The Morgan fingerprint density at radius 3 is 2.69 bits per heavy atom. The average Bonchev–Trinajstić information content (AvgIpc) is 2.90. The molecule has 1 aliphatic rings. The Morgan fingerprint density at radius 1 is 1.35 bits per heavy atom. The third kappa shape index (κ3) is 4.39. The van der Waals surface area contributed by atoms with Crippen LogP contribution in [0.1, 0.15) is 32.6 Å². The Hall–Kier alpha value is -1.58. The molecule has 9 heteroatoms. The first-order valence-electron chi connectivity index (χ1n) is 8.65. The van der Waals surface area contributed by atoms with Crippen molar-refractivity contribution in [3.8, 4) is 0 Å². The fourth-order valence-corrected chi connectivity index (χ4v) is 4.60. The number of aryl methyl sites for hydroxylation is 1. The van der Waals surface area contributed by atoms with Crippen molar-refractivity contribution in [2.45, 2.75) is 48.7 Å². The van der Waals surface area contributed by atoms with Crippen molar-refractivity contribution < 1.29 is 13.2 Å². The van der Waals surface area contributed by atoms with Gasteiger partial charge in [-0.2, -0.15) is 0 Å². The molecule has 26 heavy (non-hydrogen) atoms. The van der Waals surface area contributed by atoms with E-state index in [9.17, 15) is 13.2 Å². The van der Waals surface area contributed by atoms with Crippen molar-refractivity contribution in [1.29, 1.82) is 0 Å². The summed E-state index contributed by atoms with van der Waals surface area (Å²) < 4.78 is 24.8. The maximum atomic E-state index is 12.2. The lowest BCUT2D eigenvalue weighted by molar-refractivity contribution is -0.119. The zero-order chi connectivity index (χ0) is 18.9. The topological polar surface area (TPSA) is 107 Å². The summed E-state index contributed by atoms with van der Waals surface area (Å²) >= 11 is 1.34. The van der Waals surface area contributed by atoms with Crippen molar-refractivity contribution in [1.82, 2.24) is 14.9 Å². The molecule has 1 amide bonds. The number of nitrogens with zero attached hydrogens (tertiary/aromatic N) is 2. The highest BCUT2D eigenvalue weighted by atomic mass is 32.2. The van der Waals surface area contributed by atoms with Crippen molar-refractivity contribution in [3.05, 3.63) is 18.2 Å². The molecule has 1 saturated carbocycles. The molecule has 1 fully saturated rings. The number of sulfonamides is 1. The first-order valence-corrected chi connectivity index (χ1v) is 11.2. The van der Waals surface area contributed by atoms with E-state index in [4.69, 9.17) is 5.14 Å². The van der Waals surface area contributed by atoms with E-state index in [-0.39, 0.29) is 22.6 Å². The van der Waals surface area contributed by atoms with Gasteiger partial charge < -0.3 is 9.88 Å². The number of aromatic nitrogens is 2. The van der Waals surface area contributed by atoms with Crippen LogP contribution >= 0.6 is 11.8 Å². The predicted octanol–water partition coefficient (Wildman–Crippen LogP) is 2.01. The molecule has 7 nitrogen and oxygen atoms in total. The van der Waals surface area contributed by atoms with Crippen molar-refractivity contribution in [2.75, 3.05) is 5.75 Å². The average molecular weight is 397 g/mol. The summed E-state index contributed by atoms with van der Waals surface area (Å²) in [4.78, 5) is 16.7. The van der Waals surface area contributed by atoms with Crippen LogP contribution in [-0.2, 0) is 21.9 Å². The van der Waals surface area contributed by atoms with Crippen LogP contribution in [0.4, 0.5) is 0 Å². The van der Waals surface area contributed by atoms with Crippen LogP contribution in [0.15, 0.2) is 28.3 Å². The quantitative estimate of drug-likeness (QED) is 0.752. The summed E-state index contributed by atoms with van der Waals surface area (Å²) in [6, 6.07) is 4.87. The number of amides is 1. The third-order valence-corrected chi connectivity index (χ3v) is 6.79. The summed E-state index contributed by atoms with van der Waals surface area (Å²) in [5, 5.41) is 8.93. The fourth-order valence-electron chi connectivity index (χ4n) is 3.27. The molecule has 0 radical (unpaired) electrons. The van der Waals surface area contributed by atoms with Gasteiger partial charge in [-0.3, -0.25) is 4.79 Å². The van der Waals surface area contributed by atoms with Gasteiger partial charge in [0.05, 0.1) is 21.7 Å². The van der Waals surface area contributed by atoms with Gasteiger partial charge in [0.2, 0.25) is 15.9 Å². The standard InChI is InChI=1S/C17H24N4O3S2/c1-11-3-5-12(6-4-11)19-16(22)10-25-17-20-14-9-13(26(18,23)24)7-8-15(14)21(17)2/h7-9,11-12H,3-6,10H2,1-2H3,(H,19,22)(H2,18,23,24). The zero-order valence-electron chi connectivity index (χ0n) is 14.9. The number of thioether (sulfide) groups is 1. The van der Waals surface area contributed by atoms with Gasteiger partial charge in [0.25, 0.3) is 0 Å². The Bertz CT molecular complexity index is 915. The minimum absolute atomic E-state index is 0.00633. The van der Waals surface area contributed by atoms with Crippen LogP contribution < -0.4 is 10.5 Å². The second kappa shape index (κ2) is 7.58. The van der Waals surface area contributed by atoms with Crippen molar-refractivity contribution in [3.63, 3.8) is 0 Å². The molecular formula is C17H24N4O3S2. The van der Waals surface area contributed by atoms with Gasteiger partial charge in [-0.05, 0) is 49.8 Å². The summed E-state index contributed by atoms with van der Waals surface area (Å²) in [5.74, 6) is 1.04. The highest BCUT2D eigenvalue weighted by Gasteiger charge is 2.20. The third-order valence-electron chi connectivity index (χ3n) is 4.85. The Morgan fingerprint density at radius 2 is 2.04 bits per heavy atom. The fraction of sp³-hybridized carbons (Fsp3) is 0.529. The SMILES string of the molecule is CC1CCC(NC(=O)CSc2nc3cc(S(N)(=O)=O)ccc3n2C)CC1. The van der Waals surface area contributed by atoms with E-state index in [1.54, 1.807) is 6.07 Å². The number of benzene rings is 1. The molecule has 142 valence electrons. The van der Waals surface area contributed by atoms with E-state index < -0.39 is 10.0 Å². The van der Waals surface area contributed by atoms with Gasteiger partial charge in [-0.15, -0.1) is 0 Å². The van der Waals surface area contributed by atoms with E-state index in [0.29, 0.717) is 10.7 Å². The highest BCUT2D eigenvalue weighted by Crippen LogP contribution is 2.26. The van der Waals surface area contributed by atoms with E-state index in [0.717, 1.165) is 37.1 Å². The number of imidazole rings is 1. The lowest BCUT2D eigenvalue weighted by atomic mass is 9.87. The molecule has 1 aliphatic carbocycles. The zero-order valence-corrected chi connectivity index (χ0v) is 16.6.